The first-order valence-corrected chi connectivity index (χ1v) is 9.89. The van der Waals surface area contributed by atoms with Gasteiger partial charge in [-0.25, -0.2) is 5.43 Å². The first kappa shape index (κ1) is 19.8. The van der Waals surface area contributed by atoms with Gasteiger partial charge in [0.1, 0.15) is 5.69 Å². The van der Waals surface area contributed by atoms with Crippen molar-refractivity contribution in [3.05, 3.63) is 70.3 Å². The van der Waals surface area contributed by atoms with Crippen LogP contribution in [0, 0.1) is 0 Å². The lowest BCUT2D eigenvalue weighted by Crippen LogP contribution is -2.21. The number of nitrogens with zero attached hydrogens (tertiary/aromatic N) is 3. The van der Waals surface area contributed by atoms with Gasteiger partial charge in [0, 0.05) is 28.8 Å². The highest BCUT2D eigenvalue weighted by Crippen LogP contribution is 2.20. The van der Waals surface area contributed by atoms with E-state index in [9.17, 15) is 4.79 Å². The van der Waals surface area contributed by atoms with Crippen LogP contribution in [0.2, 0.25) is 0 Å². The van der Waals surface area contributed by atoms with Crippen LogP contribution in [0.3, 0.4) is 0 Å². The van der Waals surface area contributed by atoms with E-state index < -0.39 is 0 Å². The maximum absolute atomic E-state index is 12.2. The van der Waals surface area contributed by atoms with Crippen molar-refractivity contribution in [2.24, 2.45) is 5.10 Å². The number of carbonyl (C=O) groups excluding carboxylic acids is 1. The number of aromatic nitrogens is 2. The van der Waals surface area contributed by atoms with Crippen LogP contribution in [0.4, 0.5) is 5.69 Å². The molecule has 0 saturated carbocycles. The topological polar surface area (TPSA) is 73.4 Å². The predicted molar refractivity (Wildman–Crippen MR) is 117 cm³/mol. The fourth-order valence-electron chi connectivity index (χ4n) is 2.79. The third-order valence-corrected chi connectivity index (χ3v) is 4.89. The molecule has 0 aliphatic heterocycles. The number of halogens is 1. The van der Waals surface area contributed by atoms with Crippen molar-refractivity contribution in [3.63, 3.8) is 0 Å². The van der Waals surface area contributed by atoms with E-state index in [1.165, 1.54) is 5.69 Å². The highest BCUT2D eigenvalue weighted by molar-refractivity contribution is 9.10. The van der Waals surface area contributed by atoms with Gasteiger partial charge in [-0.2, -0.15) is 10.2 Å². The highest BCUT2D eigenvalue weighted by Gasteiger charge is 2.10. The van der Waals surface area contributed by atoms with E-state index in [1.807, 2.05) is 36.4 Å². The molecule has 0 unspecified atom stereocenters. The lowest BCUT2D eigenvalue weighted by Gasteiger charge is -2.20. The summed E-state index contributed by atoms with van der Waals surface area (Å²) in [5, 5.41) is 11.0. The number of carbonyl (C=O) groups is 1. The van der Waals surface area contributed by atoms with Crippen molar-refractivity contribution >= 4 is 33.7 Å². The molecule has 2 aromatic carbocycles. The summed E-state index contributed by atoms with van der Waals surface area (Å²) in [7, 11) is 0. The van der Waals surface area contributed by atoms with Crippen molar-refractivity contribution in [2.45, 2.75) is 13.8 Å². The summed E-state index contributed by atoms with van der Waals surface area (Å²) in [5.74, 6) is -0.341. The fourth-order valence-corrected chi connectivity index (χ4v) is 3.06. The Kier molecular flexibility index (Phi) is 6.60. The molecule has 7 heteroatoms. The van der Waals surface area contributed by atoms with E-state index in [1.54, 1.807) is 12.3 Å². The maximum Gasteiger partial charge on any atom is 0.289 e. The van der Waals surface area contributed by atoms with Crippen LogP contribution in [0.25, 0.3) is 11.3 Å². The molecule has 3 rings (SSSR count). The summed E-state index contributed by atoms with van der Waals surface area (Å²) >= 11 is 3.40. The number of rotatable bonds is 7. The molecule has 28 heavy (non-hydrogen) atoms. The molecule has 2 N–H and O–H groups in total. The molecule has 0 atom stereocenters. The monoisotopic (exact) mass is 439 g/mol. The summed E-state index contributed by atoms with van der Waals surface area (Å²) in [6, 6.07) is 17.5. The zero-order valence-corrected chi connectivity index (χ0v) is 17.4. The molecule has 3 aromatic rings. The van der Waals surface area contributed by atoms with Gasteiger partial charge in [-0.15, -0.1) is 0 Å². The van der Waals surface area contributed by atoms with Gasteiger partial charge in [-0.3, -0.25) is 9.89 Å². The van der Waals surface area contributed by atoms with Crippen LogP contribution in [0.1, 0.15) is 29.9 Å². The molecule has 1 amide bonds. The molecule has 1 aromatic heterocycles. The number of amides is 1. The van der Waals surface area contributed by atoms with Crippen LogP contribution in [-0.2, 0) is 0 Å². The van der Waals surface area contributed by atoms with Gasteiger partial charge < -0.3 is 4.90 Å². The summed E-state index contributed by atoms with van der Waals surface area (Å²) in [5.41, 5.74) is 6.59. The van der Waals surface area contributed by atoms with Gasteiger partial charge in [-0.1, -0.05) is 40.2 Å². The first-order valence-electron chi connectivity index (χ1n) is 9.10. The van der Waals surface area contributed by atoms with Gasteiger partial charge >= 0.3 is 0 Å². The molecule has 1 heterocycles. The Hall–Kier alpha value is -2.93. The van der Waals surface area contributed by atoms with Gasteiger partial charge in [0.25, 0.3) is 5.91 Å². The molecule has 0 saturated heterocycles. The van der Waals surface area contributed by atoms with Gasteiger partial charge in [0.2, 0.25) is 0 Å². The van der Waals surface area contributed by atoms with E-state index in [4.69, 9.17) is 0 Å². The first-order chi connectivity index (χ1) is 13.6. The zero-order chi connectivity index (χ0) is 19.9. The van der Waals surface area contributed by atoms with Crippen LogP contribution in [0.15, 0.2) is 64.2 Å². The molecule has 144 valence electrons. The van der Waals surface area contributed by atoms with E-state index in [2.05, 4.69) is 67.5 Å². The number of hydrogen-bond donors (Lipinski definition) is 2. The van der Waals surface area contributed by atoms with Crippen LogP contribution >= 0.6 is 15.9 Å². The van der Waals surface area contributed by atoms with E-state index >= 15 is 0 Å². The second kappa shape index (κ2) is 9.32. The Balaban J connectivity index is 1.60. The average Bonchev–Trinajstić information content (AvgIpc) is 3.21. The van der Waals surface area contributed by atoms with E-state index in [0.717, 1.165) is 28.7 Å². The molecule has 0 fully saturated rings. The van der Waals surface area contributed by atoms with Gasteiger partial charge in [0.15, 0.2) is 0 Å². The van der Waals surface area contributed by atoms with Crippen molar-refractivity contribution in [1.82, 2.24) is 15.6 Å². The maximum atomic E-state index is 12.2. The Labute approximate surface area is 172 Å². The van der Waals surface area contributed by atoms with Crippen molar-refractivity contribution in [2.75, 3.05) is 18.0 Å². The van der Waals surface area contributed by atoms with Crippen molar-refractivity contribution < 1.29 is 4.79 Å². The Morgan fingerprint density at radius 1 is 1.14 bits per heavy atom. The lowest BCUT2D eigenvalue weighted by molar-refractivity contribution is 0.0950. The molecular weight excluding hydrogens is 418 g/mol. The zero-order valence-electron chi connectivity index (χ0n) is 15.8. The quantitative estimate of drug-likeness (QED) is 0.421. The van der Waals surface area contributed by atoms with E-state index in [-0.39, 0.29) is 5.91 Å². The average molecular weight is 440 g/mol. The highest BCUT2D eigenvalue weighted by atomic mass is 79.9. The smallest absolute Gasteiger partial charge is 0.289 e. The number of hydrazone groups is 1. The minimum Gasteiger partial charge on any atom is -0.372 e. The molecular formula is C21H22BrN5O. The molecule has 0 aliphatic carbocycles. The fraction of sp³-hybridized carbons (Fsp3) is 0.190. The van der Waals surface area contributed by atoms with Crippen LogP contribution in [0.5, 0.6) is 0 Å². The third-order valence-electron chi connectivity index (χ3n) is 4.36. The standard InChI is InChI=1S/C21H22BrN5O/c1-3-27(4-2)18-11-5-15(6-12-18)14-23-26-21(28)20-13-19(24-25-20)16-7-9-17(22)10-8-16/h5-14H,3-4H2,1-2H3,(H,24,25)(H,26,28). The third kappa shape index (κ3) is 4.86. The summed E-state index contributed by atoms with van der Waals surface area (Å²) in [6.45, 7) is 6.19. The van der Waals surface area contributed by atoms with Crippen LogP contribution < -0.4 is 10.3 Å². The molecule has 0 spiro atoms. The number of benzene rings is 2. The Bertz CT molecular complexity index is 944. The number of hydrogen-bond acceptors (Lipinski definition) is 4. The number of nitrogens with one attached hydrogen (secondary N) is 2. The summed E-state index contributed by atoms with van der Waals surface area (Å²) in [6.07, 6.45) is 1.62. The normalized spacial score (nSPS) is 11.0. The Morgan fingerprint density at radius 2 is 1.82 bits per heavy atom. The molecule has 6 nitrogen and oxygen atoms in total. The summed E-state index contributed by atoms with van der Waals surface area (Å²) < 4.78 is 0.990. The number of anilines is 1. The minimum atomic E-state index is -0.341. The molecule has 0 bridgehead atoms. The number of aromatic amines is 1. The van der Waals surface area contributed by atoms with Crippen molar-refractivity contribution in [3.8, 4) is 11.3 Å². The minimum absolute atomic E-state index is 0.341. The van der Waals surface area contributed by atoms with E-state index in [0.29, 0.717) is 11.4 Å². The Morgan fingerprint density at radius 3 is 2.46 bits per heavy atom. The molecule has 0 aliphatic rings. The van der Waals surface area contributed by atoms with Gasteiger partial charge in [-0.05, 0) is 49.7 Å². The predicted octanol–water partition coefficient (Wildman–Crippen LogP) is 4.45. The second-order valence-corrected chi connectivity index (χ2v) is 7.05. The van der Waals surface area contributed by atoms with Crippen molar-refractivity contribution in [1.29, 1.82) is 0 Å². The summed E-state index contributed by atoms with van der Waals surface area (Å²) in [4.78, 5) is 14.5. The SMILES string of the molecule is CCN(CC)c1ccc(C=NNC(=O)c2cc(-c3ccc(Br)cc3)n[nH]2)cc1. The molecule has 0 radical (unpaired) electrons. The largest absolute Gasteiger partial charge is 0.372 e. The lowest BCUT2D eigenvalue weighted by atomic mass is 10.1. The van der Waals surface area contributed by atoms with Crippen LogP contribution in [-0.4, -0.2) is 35.4 Å². The number of H-pyrrole nitrogens is 1. The second-order valence-electron chi connectivity index (χ2n) is 6.14. The van der Waals surface area contributed by atoms with Gasteiger partial charge in [0.05, 0.1) is 11.9 Å².